The third-order valence-electron chi connectivity index (χ3n) is 2.67. The van der Waals surface area contributed by atoms with Gasteiger partial charge in [-0.15, -0.1) is 0 Å². The van der Waals surface area contributed by atoms with Crippen molar-refractivity contribution in [2.45, 2.75) is 19.4 Å². The van der Waals surface area contributed by atoms with Crippen molar-refractivity contribution in [1.82, 2.24) is 9.55 Å². The van der Waals surface area contributed by atoms with E-state index in [1.807, 2.05) is 22.8 Å². The second-order valence-electron chi connectivity index (χ2n) is 3.86. The van der Waals surface area contributed by atoms with Crippen LogP contribution in [-0.2, 0) is 13.0 Å². The Morgan fingerprint density at radius 3 is 2.76 bits per heavy atom. The molecule has 0 bridgehead atoms. The molecule has 1 heterocycles. The highest BCUT2D eigenvalue weighted by atomic mass is 35.5. The molecule has 17 heavy (non-hydrogen) atoms. The molecular formula is C12H15ClN2O2. The normalized spacial score (nSPS) is 11.2. The van der Waals surface area contributed by atoms with E-state index in [4.69, 9.17) is 21.8 Å². The highest BCUT2D eigenvalue weighted by Crippen LogP contribution is 2.21. The van der Waals surface area contributed by atoms with Gasteiger partial charge >= 0.3 is 0 Å². The van der Waals surface area contributed by atoms with Crippen LogP contribution in [0.2, 0.25) is 5.02 Å². The van der Waals surface area contributed by atoms with E-state index in [-0.39, 0.29) is 13.2 Å². The summed E-state index contributed by atoms with van der Waals surface area (Å²) in [5, 5.41) is 18.6. The summed E-state index contributed by atoms with van der Waals surface area (Å²) in [5.74, 6) is 0.880. The van der Waals surface area contributed by atoms with Gasteiger partial charge in [-0.05, 0) is 24.6 Å². The van der Waals surface area contributed by atoms with Gasteiger partial charge in [0.05, 0.1) is 17.6 Å². The molecule has 0 radical (unpaired) electrons. The fourth-order valence-corrected chi connectivity index (χ4v) is 2.10. The van der Waals surface area contributed by atoms with E-state index in [0.717, 1.165) is 16.9 Å². The molecule has 0 amide bonds. The van der Waals surface area contributed by atoms with Crippen molar-refractivity contribution in [2.75, 3.05) is 13.2 Å². The Balaban J connectivity index is 2.45. The highest BCUT2D eigenvalue weighted by Gasteiger charge is 2.10. The Morgan fingerprint density at radius 1 is 1.24 bits per heavy atom. The molecule has 1 aromatic heterocycles. The lowest BCUT2D eigenvalue weighted by Gasteiger charge is -2.06. The van der Waals surface area contributed by atoms with Crippen molar-refractivity contribution in [3.63, 3.8) is 0 Å². The predicted octanol–water partition coefficient (Wildman–Crippen LogP) is 1.61. The molecule has 2 N–H and O–H groups in total. The van der Waals surface area contributed by atoms with Gasteiger partial charge in [0.2, 0.25) is 0 Å². The van der Waals surface area contributed by atoms with Crippen LogP contribution >= 0.6 is 11.6 Å². The van der Waals surface area contributed by atoms with Gasteiger partial charge in [0.15, 0.2) is 0 Å². The average molecular weight is 255 g/mol. The van der Waals surface area contributed by atoms with Gasteiger partial charge in [0, 0.05) is 24.6 Å². The summed E-state index contributed by atoms with van der Waals surface area (Å²) in [6.07, 6.45) is 1.37. The van der Waals surface area contributed by atoms with Crippen LogP contribution in [0.15, 0.2) is 18.2 Å². The summed E-state index contributed by atoms with van der Waals surface area (Å²) in [6, 6.07) is 5.53. The van der Waals surface area contributed by atoms with Crippen LogP contribution in [-0.4, -0.2) is 33.0 Å². The first kappa shape index (κ1) is 12.4. The zero-order chi connectivity index (χ0) is 12.3. The second-order valence-corrected chi connectivity index (χ2v) is 4.30. The molecule has 0 saturated carbocycles. The topological polar surface area (TPSA) is 58.3 Å². The maximum atomic E-state index is 9.08. The largest absolute Gasteiger partial charge is 0.396 e. The zero-order valence-electron chi connectivity index (χ0n) is 9.43. The second kappa shape index (κ2) is 5.49. The Kier molecular flexibility index (Phi) is 3.99. The molecule has 0 fully saturated rings. The molecule has 5 heteroatoms. The molecule has 2 rings (SSSR count). The molecule has 0 spiro atoms. The van der Waals surface area contributed by atoms with Crippen molar-refractivity contribution in [1.29, 1.82) is 0 Å². The number of rotatable bonds is 5. The fraction of sp³-hybridized carbons (Fsp3) is 0.417. The summed E-state index contributed by atoms with van der Waals surface area (Å²) >= 11 is 5.92. The molecule has 92 valence electrons. The number of aromatic nitrogens is 2. The Morgan fingerprint density at radius 2 is 2.06 bits per heavy atom. The molecule has 0 unspecified atom stereocenters. The van der Waals surface area contributed by atoms with E-state index >= 15 is 0 Å². The molecule has 0 atom stereocenters. The van der Waals surface area contributed by atoms with Crippen LogP contribution < -0.4 is 0 Å². The molecule has 0 aliphatic carbocycles. The number of halogens is 1. The van der Waals surface area contributed by atoms with Gasteiger partial charge in [0.25, 0.3) is 0 Å². The first-order chi connectivity index (χ1) is 8.26. The lowest BCUT2D eigenvalue weighted by molar-refractivity contribution is 0.272. The molecular weight excluding hydrogens is 240 g/mol. The van der Waals surface area contributed by atoms with Gasteiger partial charge in [-0.3, -0.25) is 0 Å². The molecule has 0 aliphatic rings. The van der Waals surface area contributed by atoms with E-state index in [1.165, 1.54) is 0 Å². The molecule has 1 aromatic carbocycles. The van der Waals surface area contributed by atoms with Gasteiger partial charge in [-0.1, -0.05) is 11.6 Å². The Hall–Kier alpha value is -1.10. The first-order valence-electron chi connectivity index (χ1n) is 5.62. The third kappa shape index (κ3) is 2.60. The van der Waals surface area contributed by atoms with E-state index in [9.17, 15) is 0 Å². The number of benzene rings is 1. The van der Waals surface area contributed by atoms with E-state index in [0.29, 0.717) is 24.4 Å². The maximum Gasteiger partial charge on any atom is 0.110 e. The van der Waals surface area contributed by atoms with Crippen LogP contribution in [0.4, 0.5) is 0 Å². The number of aryl methyl sites for hydroxylation is 1. The summed E-state index contributed by atoms with van der Waals surface area (Å²) in [5.41, 5.74) is 1.80. The third-order valence-corrected chi connectivity index (χ3v) is 2.91. The summed E-state index contributed by atoms with van der Waals surface area (Å²) in [7, 11) is 0. The number of nitrogens with zero attached hydrogens (tertiary/aromatic N) is 2. The molecule has 2 aromatic rings. The lowest BCUT2D eigenvalue weighted by Crippen LogP contribution is -2.07. The first-order valence-corrected chi connectivity index (χ1v) is 6.00. The fourth-order valence-electron chi connectivity index (χ4n) is 1.93. The summed E-state index contributed by atoms with van der Waals surface area (Å²) in [4.78, 5) is 4.49. The number of aliphatic hydroxyl groups is 2. The van der Waals surface area contributed by atoms with Crippen molar-refractivity contribution >= 4 is 22.6 Å². The predicted molar refractivity (Wildman–Crippen MR) is 67.2 cm³/mol. The standard InChI is InChI=1S/C12H15ClN2O2/c13-9-3-4-11-10(8-9)14-12(2-1-6-16)15(11)5-7-17/h3-4,8,16-17H,1-2,5-7H2. The monoisotopic (exact) mass is 254 g/mol. The van der Waals surface area contributed by atoms with Crippen LogP contribution in [0.25, 0.3) is 11.0 Å². The number of imidazole rings is 1. The van der Waals surface area contributed by atoms with Crippen LogP contribution in [0.1, 0.15) is 12.2 Å². The minimum absolute atomic E-state index is 0.0697. The SMILES string of the molecule is OCCCc1nc2cc(Cl)ccc2n1CCO. The van der Waals surface area contributed by atoms with Crippen molar-refractivity contribution in [3.05, 3.63) is 29.0 Å². The van der Waals surface area contributed by atoms with E-state index < -0.39 is 0 Å². The molecule has 0 aliphatic heterocycles. The van der Waals surface area contributed by atoms with E-state index in [1.54, 1.807) is 0 Å². The van der Waals surface area contributed by atoms with Crippen LogP contribution in [0.3, 0.4) is 0 Å². The summed E-state index contributed by atoms with van der Waals surface area (Å²) in [6.45, 7) is 0.724. The number of hydrogen-bond acceptors (Lipinski definition) is 3. The lowest BCUT2D eigenvalue weighted by atomic mass is 10.3. The van der Waals surface area contributed by atoms with Crippen LogP contribution in [0.5, 0.6) is 0 Å². The minimum atomic E-state index is 0.0697. The molecule has 4 nitrogen and oxygen atoms in total. The summed E-state index contributed by atoms with van der Waals surface area (Å²) < 4.78 is 1.97. The minimum Gasteiger partial charge on any atom is -0.396 e. The van der Waals surface area contributed by atoms with Gasteiger partial charge in [0.1, 0.15) is 5.82 Å². The smallest absolute Gasteiger partial charge is 0.110 e. The number of hydrogen-bond donors (Lipinski definition) is 2. The van der Waals surface area contributed by atoms with Crippen molar-refractivity contribution < 1.29 is 10.2 Å². The van der Waals surface area contributed by atoms with Gasteiger partial charge in [-0.2, -0.15) is 0 Å². The average Bonchev–Trinajstić information content (AvgIpc) is 2.64. The Bertz CT molecular complexity index is 510. The van der Waals surface area contributed by atoms with Gasteiger partial charge < -0.3 is 14.8 Å². The Labute approximate surface area is 104 Å². The number of aliphatic hydroxyl groups excluding tert-OH is 2. The number of fused-ring (bicyclic) bond motifs is 1. The highest BCUT2D eigenvalue weighted by molar-refractivity contribution is 6.31. The van der Waals surface area contributed by atoms with Crippen molar-refractivity contribution in [3.8, 4) is 0 Å². The quantitative estimate of drug-likeness (QED) is 0.852. The molecule has 0 saturated heterocycles. The zero-order valence-corrected chi connectivity index (χ0v) is 10.2. The van der Waals surface area contributed by atoms with Gasteiger partial charge in [-0.25, -0.2) is 4.98 Å². The van der Waals surface area contributed by atoms with E-state index in [2.05, 4.69) is 4.98 Å². The maximum absolute atomic E-state index is 9.08. The van der Waals surface area contributed by atoms with Crippen LogP contribution in [0, 0.1) is 0 Å². The van der Waals surface area contributed by atoms with Crippen molar-refractivity contribution in [2.24, 2.45) is 0 Å².